The lowest BCUT2D eigenvalue weighted by atomic mass is 10.4. The maximum absolute atomic E-state index is 11.8. The third-order valence-electron chi connectivity index (χ3n) is 4.16. The second kappa shape index (κ2) is 17.3. The summed E-state index contributed by atoms with van der Waals surface area (Å²) in [6, 6.07) is 5.72. The van der Waals surface area contributed by atoms with Crippen LogP contribution in [0.25, 0.3) is 0 Å². The average molecular weight is 516 g/mol. The predicted molar refractivity (Wildman–Crippen MR) is 124 cm³/mol. The van der Waals surface area contributed by atoms with Crippen LogP contribution < -0.4 is 5.32 Å². The van der Waals surface area contributed by atoms with Crippen LogP contribution in [-0.2, 0) is 38.2 Å². The Morgan fingerprint density at radius 3 is 2.29 bits per heavy atom. The number of carbonyl (C=O) groups excluding carboxylic acids is 4. The van der Waals surface area contributed by atoms with Crippen molar-refractivity contribution in [1.82, 2.24) is 15.4 Å². The fourth-order valence-corrected chi connectivity index (χ4v) is 4.36. The molecule has 34 heavy (non-hydrogen) atoms. The van der Waals surface area contributed by atoms with Crippen LogP contribution in [0.15, 0.2) is 29.4 Å². The van der Waals surface area contributed by atoms with Gasteiger partial charge in [-0.3, -0.25) is 14.4 Å². The van der Waals surface area contributed by atoms with Crippen LogP contribution >= 0.6 is 21.6 Å². The molecule has 2 rings (SSSR count). The van der Waals surface area contributed by atoms with E-state index in [1.54, 1.807) is 27.8 Å². The summed E-state index contributed by atoms with van der Waals surface area (Å²) >= 11 is 0. The number of hydroxylamine groups is 2. The first-order valence-corrected chi connectivity index (χ1v) is 13.1. The molecule has 2 heterocycles. The van der Waals surface area contributed by atoms with Gasteiger partial charge < -0.3 is 24.4 Å². The minimum Gasteiger partial charge on any atom is -0.378 e. The molecule has 1 aliphatic rings. The Hall–Kier alpha value is -2.19. The van der Waals surface area contributed by atoms with Gasteiger partial charge in [0.25, 0.3) is 11.8 Å². The average Bonchev–Trinajstić information content (AvgIpc) is 3.15. The SMILES string of the molecule is O=C(CCSSc1ccccn1)NCCOCCOCCOCCC(=O)ON1C(=O)CCC1=O. The normalized spacial score (nSPS) is 13.4. The van der Waals surface area contributed by atoms with E-state index in [4.69, 9.17) is 19.0 Å². The fourth-order valence-electron chi connectivity index (χ4n) is 2.49. The first-order chi connectivity index (χ1) is 16.6. The van der Waals surface area contributed by atoms with E-state index >= 15 is 0 Å². The van der Waals surface area contributed by atoms with E-state index in [0.717, 1.165) is 5.03 Å². The van der Waals surface area contributed by atoms with Crippen LogP contribution in [0.4, 0.5) is 0 Å². The number of carbonyl (C=O) groups is 4. The van der Waals surface area contributed by atoms with E-state index < -0.39 is 17.8 Å². The van der Waals surface area contributed by atoms with Gasteiger partial charge in [0.1, 0.15) is 5.03 Å². The lowest BCUT2D eigenvalue weighted by Gasteiger charge is -2.12. The van der Waals surface area contributed by atoms with Gasteiger partial charge in [-0.05, 0) is 22.9 Å². The molecular weight excluding hydrogens is 486 g/mol. The molecular formula is C21H29N3O8S2. The quantitative estimate of drug-likeness (QED) is 0.173. The topological polar surface area (TPSA) is 133 Å². The molecule has 11 nitrogen and oxygen atoms in total. The largest absolute Gasteiger partial charge is 0.378 e. The molecule has 1 aromatic heterocycles. The van der Waals surface area contributed by atoms with Crippen LogP contribution in [-0.4, -0.2) is 85.7 Å². The van der Waals surface area contributed by atoms with Gasteiger partial charge in [-0.25, -0.2) is 9.78 Å². The standard InChI is InChI=1S/C21H29N3O8S2/c25-17(7-16-33-34-18-3-1-2-8-23-18)22-9-11-30-13-15-31-14-12-29-10-6-21(28)32-24-19(26)4-5-20(24)27/h1-3,8H,4-7,9-16H2,(H,22,25). The van der Waals surface area contributed by atoms with Crippen molar-refractivity contribution in [1.29, 1.82) is 0 Å². The molecule has 1 aliphatic heterocycles. The van der Waals surface area contributed by atoms with E-state index in [9.17, 15) is 19.2 Å². The highest BCUT2D eigenvalue weighted by atomic mass is 33.1. The van der Waals surface area contributed by atoms with Crippen molar-refractivity contribution in [3.8, 4) is 0 Å². The molecule has 1 N–H and O–H groups in total. The molecule has 1 fully saturated rings. The van der Waals surface area contributed by atoms with Gasteiger partial charge in [-0.2, -0.15) is 0 Å². The summed E-state index contributed by atoms with van der Waals surface area (Å²) in [4.78, 5) is 55.0. The first-order valence-electron chi connectivity index (χ1n) is 10.8. The summed E-state index contributed by atoms with van der Waals surface area (Å²) in [5, 5.41) is 4.24. The Labute approximate surface area is 205 Å². The summed E-state index contributed by atoms with van der Waals surface area (Å²) in [6.07, 6.45) is 2.21. The van der Waals surface area contributed by atoms with Crippen LogP contribution in [0, 0.1) is 0 Å². The number of nitrogens with one attached hydrogen (secondary N) is 1. The molecule has 0 atom stereocenters. The monoisotopic (exact) mass is 515 g/mol. The van der Waals surface area contributed by atoms with Crippen molar-refractivity contribution in [3.05, 3.63) is 24.4 Å². The zero-order valence-corrected chi connectivity index (χ0v) is 20.4. The van der Waals surface area contributed by atoms with Crippen LogP contribution in [0.2, 0.25) is 0 Å². The van der Waals surface area contributed by atoms with Gasteiger partial charge in [0.2, 0.25) is 5.91 Å². The molecule has 1 saturated heterocycles. The molecule has 0 radical (unpaired) electrons. The lowest BCUT2D eigenvalue weighted by molar-refractivity contribution is -0.198. The van der Waals surface area contributed by atoms with Crippen LogP contribution in [0.3, 0.4) is 0 Å². The van der Waals surface area contributed by atoms with E-state index in [1.165, 1.54) is 0 Å². The third-order valence-corrected chi connectivity index (χ3v) is 6.42. The van der Waals surface area contributed by atoms with Crippen molar-refractivity contribution >= 4 is 45.3 Å². The Balaban J connectivity index is 1.30. The number of pyridine rings is 1. The van der Waals surface area contributed by atoms with Crippen molar-refractivity contribution < 1.29 is 38.2 Å². The molecule has 0 aliphatic carbocycles. The first kappa shape index (κ1) is 28.1. The van der Waals surface area contributed by atoms with E-state index in [1.807, 2.05) is 18.2 Å². The number of hydrogen-bond acceptors (Lipinski definition) is 11. The number of hydrogen-bond donors (Lipinski definition) is 1. The number of nitrogens with zero attached hydrogens (tertiary/aromatic N) is 2. The highest BCUT2D eigenvalue weighted by molar-refractivity contribution is 8.76. The number of amides is 3. The van der Waals surface area contributed by atoms with Gasteiger partial charge in [0.05, 0.1) is 46.1 Å². The molecule has 0 bridgehead atoms. The van der Waals surface area contributed by atoms with Crippen LogP contribution in [0.5, 0.6) is 0 Å². The minimum atomic E-state index is -0.702. The van der Waals surface area contributed by atoms with Crippen LogP contribution in [0.1, 0.15) is 25.7 Å². The summed E-state index contributed by atoms with van der Waals surface area (Å²) in [6.45, 7) is 2.29. The minimum absolute atomic E-state index is 0.0198. The Bertz CT molecular complexity index is 769. The highest BCUT2D eigenvalue weighted by Gasteiger charge is 2.32. The van der Waals surface area contributed by atoms with E-state index in [2.05, 4.69) is 10.3 Å². The van der Waals surface area contributed by atoms with Gasteiger partial charge in [-0.1, -0.05) is 16.9 Å². The predicted octanol–water partition coefficient (Wildman–Crippen LogP) is 1.38. The molecule has 3 amide bonds. The number of imide groups is 1. The van der Waals surface area contributed by atoms with Crippen molar-refractivity contribution in [2.75, 3.05) is 51.9 Å². The molecule has 13 heteroatoms. The van der Waals surface area contributed by atoms with Crippen molar-refractivity contribution in [2.24, 2.45) is 0 Å². The van der Waals surface area contributed by atoms with E-state index in [-0.39, 0.29) is 38.4 Å². The Kier molecular flexibility index (Phi) is 14.3. The molecule has 0 aromatic carbocycles. The van der Waals surface area contributed by atoms with Gasteiger partial charge in [0.15, 0.2) is 0 Å². The number of aromatic nitrogens is 1. The summed E-state index contributed by atoms with van der Waals surface area (Å²) in [5.41, 5.74) is 0. The maximum atomic E-state index is 11.8. The lowest BCUT2D eigenvalue weighted by Crippen LogP contribution is -2.32. The molecule has 0 spiro atoms. The second-order valence-electron chi connectivity index (χ2n) is 6.81. The van der Waals surface area contributed by atoms with Crippen molar-refractivity contribution in [2.45, 2.75) is 30.7 Å². The maximum Gasteiger partial charge on any atom is 0.335 e. The summed E-state index contributed by atoms with van der Waals surface area (Å²) < 4.78 is 16.0. The third kappa shape index (κ3) is 12.3. The van der Waals surface area contributed by atoms with Crippen molar-refractivity contribution in [3.63, 3.8) is 0 Å². The molecule has 0 saturated carbocycles. The van der Waals surface area contributed by atoms with Gasteiger partial charge in [-0.15, -0.1) is 5.06 Å². The number of ether oxygens (including phenoxy) is 3. The smallest absolute Gasteiger partial charge is 0.335 e. The number of rotatable bonds is 18. The van der Waals surface area contributed by atoms with Gasteiger partial charge >= 0.3 is 5.97 Å². The highest BCUT2D eigenvalue weighted by Crippen LogP contribution is 2.29. The Morgan fingerprint density at radius 1 is 0.941 bits per heavy atom. The summed E-state index contributed by atoms with van der Waals surface area (Å²) in [5.74, 6) is -1.05. The van der Waals surface area contributed by atoms with Gasteiger partial charge in [0, 0.05) is 37.8 Å². The second-order valence-corrected chi connectivity index (χ2v) is 9.24. The Morgan fingerprint density at radius 2 is 1.62 bits per heavy atom. The zero-order chi connectivity index (χ0) is 24.4. The van der Waals surface area contributed by atoms with E-state index in [0.29, 0.717) is 50.2 Å². The molecule has 1 aromatic rings. The molecule has 188 valence electrons. The molecule has 0 unspecified atom stereocenters. The zero-order valence-electron chi connectivity index (χ0n) is 18.8. The fraction of sp³-hybridized carbons (Fsp3) is 0.571. The summed E-state index contributed by atoms with van der Waals surface area (Å²) in [7, 11) is 3.14.